The second kappa shape index (κ2) is 7.05. The van der Waals surface area contributed by atoms with Crippen LogP contribution in [0.5, 0.6) is 0 Å². The molecule has 0 amide bonds. The molecule has 3 rings (SSSR count). The van der Waals surface area contributed by atoms with Gasteiger partial charge in [0.05, 0.1) is 9.72 Å². The number of hydrogen-bond acceptors (Lipinski definition) is 3. The van der Waals surface area contributed by atoms with Gasteiger partial charge in [-0.25, -0.2) is 9.18 Å². The molecule has 2 nitrogen and oxygen atoms in total. The molecule has 1 heterocycles. The van der Waals surface area contributed by atoms with E-state index >= 15 is 0 Å². The van der Waals surface area contributed by atoms with Gasteiger partial charge in [0.2, 0.25) is 0 Å². The van der Waals surface area contributed by atoms with E-state index in [0.29, 0.717) is 5.56 Å². The summed E-state index contributed by atoms with van der Waals surface area (Å²) in [6.45, 7) is 1.87. The number of halogens is 2. The Labute approximate surface area is 147 Å². The van der Waals surface area contributed by atoms with Crippen molar-refractivity contribution >= 4 is 33.7 Å². The van der Waals surface area contributed by atoms with Crippen molar-refractivity contribution in [3.05, 3.63) is 60.2 Å². The van der Waals surface area contributed by atoms with Gasteiger partial charge in [-0.05, 0) is 30.2 Å². The maximum Gasteiger partial charge on any atom is 0.338 e. The summed E-state index contributed by atoms with van der Waals surface area (Å²) in [5, 5.41) is -0.0677. The molecule has 2 aromatic carbocycles. The fourth-order valence-corrected chi connectivity index (χ4v) is 4.95. The van der Waals surface area contributed by atoms with Gasteiger partial charge >= 0.3 is 5.97 Å². The van der Waals surface area contributed by atoms with Crippen LogP contribution in [0.1, 0.15) is 17.3 Å². The van der Waals surface area contributed by atoms with Gasteiger partial charge in [-0.1, -0.05) is 58.4 Å². The minimum atomic E-state index is -1.19. The van der Waals surface area contributed by atoms with Gasteiger partial charge in [-0.3, -0.25) is 0 Å². The summed E-state index contributed by atoms with van der Waals surface area (Å²) >= 11 is 4.70. The van der Waals surface area contributed by atoms with Crippen LogP contribution in [0.15, 0.2) is 54.6 Å². The second-order valence-corrected chi connectivity index (χ2v) is 8.57. The first-order chi connectivity index (χ1) is 11.1. The number of esters is 1. The molecule has 1 fully saturated rings. The predicted molar refractivity (Wildman–Crippen MR) is 95.7 cm³/mol. The summed E-state index contributed by atoms with van der Waals surface area (Å²) in [5.74, 6) is -0.480. The van der Waals surface area contributed by atoms with Gasteiger partial charge in [-0.15, -0.1) is 11.8 Å². The average Bonchev–Trinajstić information content (AvgIpc) is 2.82. The third-order valence-electron chi connectivity index (χ3n) is 3.84. The van der Waals surface area contributed by atoms with Crippen molar-refractivity contribution in [1.29, 1.82) is 0 Å². The minimum absolute atomic E-state index is 0.0677. The normalized spacial score (nSPS) is 26.9. The van der Waals surface area contributed by atoms with Gasteiger partial charge in [0, 0.05) is 5.25 Å². The summed E-state index contributed by atoms with van der Waals surface area (Å²) < 4.78 is 19.1. The Morgan fingerprint density at radius 1 is 1.09 bits per heavy atom. The molecule has 0 aromatic heterocycles. The zero-order valence-electron chi connectivity index (χ0n) is 12.5. The largest absolute Gasteiger partial charge is 0.454 e. The Bertz CT molecular complexity index is 677. The number of alkyl halides is 2. The van der Waals surface area contributed by atoms with Crippen molar-refractivity contribution in [3.8, 4) is 11.1 Å². The third kappa shape index (κ3) is 3.61. The molecule has 0 spiro atoms. The molecule has 2 aromatic rings. The van der Waals surface area contributed by atoms with Crippen LogP contribution in [0.3, 0.4) is 0 Å². The highest BCUT2D eigenvalue weighted by Crippen LogP contribution is 2.41. The molecule has 0 radical (unpaired) electrons. The molecule has 120 valence electrons. The number of rotatable bonds is 3. The van der Waals surface area contributed by atoms with E-state index < -0.39 is 18.2 Å². The number of ether oxygens (including phenoxy) is 1. The molecule has 0 bridgehead atoms. The van der Waals surface area contributed by atoms with E-state index in [1.165, 1.54) is 11.8 Å². The van der Waals surface area contributed by atoms with Crippen LogP contribution in [-0.4, -0.2) is 27.7 Å². The average molecular weight is 395 g/mol. The summed E-state index contributed by atoms with van der Waals surface area (Å²) in [4.78, 5) is 12.2. The molecule has 1 saturated heterocycles. The number of hydrogen-bond donors (Lipinski definition) is 0. The molecule has 1 aliphatic rings. The number of carbonyl (C=O) groups excluding carboxylic acids is 1. The van der Waals surface area contributed by atoms with E-state index in [1.54, 1.807) is 12.1 Å². The van der Waals surface area contributed by atoms with Crippen molar-refractivity contribution in [2.24, 2.45) is 0 Å². The topological polar surface area (TPSA) is 26.3 Å². The second-order valence-electron chi connectivity index (χ2n) is 5.45. The Morgan fingerprint density at radius 3 is 2.26 bits per heavy atom. The molecule has 1 aliphatic heterocycles. The Kier molecular flexibility index (Phi) is 5.07. The predicted octanol–water partition coefficient (Wildman–Crippen LogP) is 5.07. The smallest absolute Gasteiger partial charge is 0.338 e. The summed E-state index contributed by atoms with van der Waals surface area (Å²) in [5.41, 5.74) is 2.54. The van der Waals surface area contributed by atoms with Crippen LogP contribution in [0.4, 0.5) is 4.39 Å². The molecule has 4 atom stereocenters. The van der Waals surface area contributed by atoms with Crippen LogP contribution in [0.25, 0.3) is 11.1 Å². The standard InChI is InChI=1S/C18H16BrFO2S/c1-11-16(15(20)17(19)23-11)22-18(21)14-9-7-13(8-10-14)12-5-3-2-4-6-12/h2-11,15-17H,1H3/t11-,15+,16-,17+/m1/s1. The first-order valence-corrected chi connectivity index (χ1v) is 9.22. The lowest BCUT2D eigenvalue weighted by molar-refractivity contribution is 0.0133. The summed E-state index contributed by atoms with van der Waals surface area (Å²) in [7, 11) is 0. The van der Waals surface area contributed by atoms with Gasteiger partial charge < -0.3 is 4.74 Å². The van der Waals surface area contributed by atoms with Gasteiger partial charge in [-0.2, -0.15) is 0 Å². The van der Waals surface area contributed by atoms with E-state index in [1.807, 2.05) is 49.4 Å². The van der Waals surface area contributed by atoms with E-state index in [0.717, 1.165) is 11.1 Å². The zero-order valence-corrected chi connectivity index (χ0v) is 14.9. The molecule has 0 N–H and O–H groups in total. The van der Waals surface area contributed by atoms with E-state index in [9.17, 15) is 9.18 Å². The Balaban J connectivity index is 1.71. The van der Waals surface area contributed by atoms with Crippen molar-refractivity contribution < 1.29 is 13.9 Å². The lowest BCUT2D eigenvalue weighted by Gasteiger charge is -2.18. The number of carbonyl (C=O) groups is 1. The maximum absolute atomic E-state index is 14.0. The van der Waals surface area contributed by atoms with E-state index in [2.05, 4.69) is 15.9 Å². The SMILES string of the molecule is C[C@H]1S[C@H](Br)[C@@H](F)[C@@H]1OC(=O)c1ccc(-c2ccccc2)cc1. The quantitative estimate of drug-likeness (QED) is 0.536. The maximum atomic E-state index is 14.0. The number of thioether (sulfide) groups is 1. The molecule has 0 unspecified atom stereocenters. The zero-order chi connectivity index (χ0) is 16.4. The molecule has 23 heavy (non-hydrogen) atoms. The van der Waals surface area contributed by atoms with Crippen LogP contribution >= 0.6 is 27.7 Å². The van der Waals surface area contributed by atoms with Gasteiger partial charge in [0.1, 0.15) is 6.10 Å². The highest BCUT2D eigenvalue weighted by molar-refractivity contribution is 9.11. The fourth-order valence-electron chi connectivity index (χ4n) is 2.55. The van der Waals surface area contributed by atoms with Crippen molar-refractivity contribution in [2.75, 3.05) is 0 Å². The number of benzene rings is 2. The molecule has 0 aliphatic carbocycles. The lowest BCUT2D eigenvalue weighted by Crippen LogP contribution is -2.32. The highest BCUT2D eigenvalue weighted by atomic mass is 79.9. The first kappa shape index (κ1) is 16.5. The lowest BCUT2D eigenvalue weighted by atomic mass is 10.0. The van der Waals surface area contributed by atoms with Crippen LogP contribution in [0, 0.1) is 0 Å². The monoisotopic (exact) mass is 394 g/mol. The summed E-state index contributed by atoms with van der Waals surface area (Å²) in [6, 6.07) is 17.1. The third-order valence-corrected chi connectivity index (χ3v) is 6.21. The van der Waals surface area contributed by atoms with Crippen molar-refractivity contribution in [1.82, 2.24) is 0 Å². The molecular weight excluding hydrogens is 379 g/mol. The van der Waals surface area contributed by atoms with E-state index in [-0.39, 0.29) is 9.41 Å². The molecule has 5 heteroatoms. The highest BCUT2D eigenvalue weighted by Gasteiger charge is 2.43. The first-order valence-electron chi connectivity index (χ1n) is 7.36. The van der Waals surface area contributed by atoms with Crippen LogP contribution < -0.4 is 0 Å². The van der Waals surface area contributed by atoms with Crippen molar-refractivity contribution in [2.45, 2.75) is 28.6 Å². The van der Waals surface area contributed by atoms with Crippen LogP contribution in [0.2, 0.25) is 0 Å². The fraction of sp³-hybridized carbons (Fsp3) is 0.278. The molecule has 0 saturated carbocycles. The van der Waals surface area contributed by atoms with Crippen LogP contribution in [-0.2, 0) is 4.74 Å². The Hall–Kier alpha value is -1.33. The summed E-state index contributed by atoms with van der Waals surface area (Å²) in [6.07, 6.45) is -1.91. The Morgan fingerprint density at radius 2 is 1.70 bits per heavy atom. The van der Waals surface area contributed by atoms with E-state index in [4.69, 9.17) is 4.74 Å². The molecular formula is C18H16BrFO2S. The minimum Gasteiger partial charge on any atom is -0.454 e. The van der Waals surface area contributed by atoms with Gasteiger partial charge in [0.25, 0.3) is 0 Å². The van der Waals surface area contributed by atoms with Gasteiger partial charge in [0.15, 0.2) is 6.17 Å². The van der Waals surface area contributed by atoms with Crippen molar-refractivity contribution in [3.63, 3.8) is 0 Å².